The molecule has 0 aromatic heterocycles. The zero-order valence-electron chi connectivity index (χ0n) is 13.1. The minimum atomic E-state index is 0.693. The molecule has 0 spiro atoms. The summed E-state index contributed by atoms with van der Waals surface area (Å²) < 4.78 is 0. The van der Waals surface area contributed by atoms with Gasteiger partial charge in [-0.15, -0.1) is 0 Å². The molecule has 18 heavy (non-hydrogen) atoms. The first kappa shape index (κ1) is 16.0. The summed E-state index contributed by atoms with van der Waals surface area (Å²) in [7, 11) is 0. The van der Waals surface area contributed by atoms with E-state index in [2.05, 4.69) is 26.1 Å². The lowest BCUT2D eigenvalue weighted by Gasteiger charge is -2.24. The summed E-state index contributed by atoms with van der Waals surface area (Å²) in [5, 5.41) is 3.62. The minimum absolute atomic E-state index is 0.693. The highest BCUT2D eigenvalue weighted by molar-refractivity contribution is 4.99. The predicted molar refractivity (Wildman–Crippen MR) is 82.0 cm³/mol. The Kier molecular flexibility index (Phi) is 7.97. The van der Waals surface area contributed by atoms with Gasteiger partial charge >= 0.3 is 0 Å². The van der Waals surface area contributed by atoms with Gasteiger partial charge in [0, 0.05) is 6.04 Å². The van der Waals surface area contributed by atoms with Gasteiger partial charge in [0.25, 0.3) is 0 Å². The zero-order chi connectivity index (χ0) is 13.3. The number of unbranched alkanes of at least 4 members (excludes halogenated alkanes) is 7. The fraction of sp³-hybridized carbons (Fsp3) is 1.00. The molecule has 1 unspecified atom stereocenters. The second-order valence-electron chi connectivity index (χ2n) is 6.37. The van der Waals surface area contributed by atoms with E-state index in [4.69, 9.17) is 0 Å². The lowest BCUT2D eigenvalue weighted by Crippen LogP contribution is -2.34. The first-order chi connectivity index (χ1) is 8.75. The van der Waals surface area contributed by atoms with Crippen molar-refractivity contribution in [1.82, 2.24) is 5.32 Å². The Morgan fingerprint density at radius 1 is 0.889 bits per heavy atom. The molecule has 1 atom stereocenters. The summed E-state index contributed by atoms with van der Waals surface area (Å²) >= 11 is 0. The molecule has 1 fully saturated rings. The molecular weight excluding hydrogens is 218 g/mol. The third-order valence-electron chi connectivity index (χ3n) is 4.85. The second kappa shape index (κ2) is 8.96. The van der Waals surface area contributed by atoms with Crippen LogP contribution in [0.4, 0.5) is 0 Å². The maximum atomic E-state index is 3.62. The van der Waals surface area contributed by atoms with E-state index in [1.54, 1.807) is 0 Å². The van der Waals surface area contributed by atoms with Crippen LogP contribution in [0.5, 0.6) is 0 Å². The van der Waals surface area contributed by atoms with Crippen LogP contribution in [0.2, 0.25) is 0 Å². The van der Waals surface area contributed by atoms with Crippen LogP contribution < -0.4 is 5.32 Å². The highest BCUT2D eigenvalue weighted by Crippen LogP contribution is 2.52. The fourth-order valence-corrected chi connectivity index (χ4v) is 3.19. The standard InChI is InChI=1S/C17H35N/c1-4-6-7-8-9-10-11-12-13-17(14-15-17)16(3)18-5-2/h16,18H,4-15H2,1-3H3. The van der Waals surface area contributed by atoms with Crippen LogP contribution in [0.15, 0.2) is 0 Å². The fourth-order valence-electron chi connectivity index (χ4n) is 3.19. The van der Waals surface area contributed by atoms with Gasteiger partial charge in [0.15, 0.2) is 0 Å². The Hall–Kier alpha value is -0.0400. The summed E-state index contributed by atoms with van der Waals surface area (Å²) in [5.74, 6) is 0. The minimum Gasteiger partial charge on any atom is -0.314 e. The van der Waals surface area contributed by atoms with E-state index >= 15 is 0 Å². The van der Waals surface area contributed by atoms with Crippen molar-refractivity contribution in [2.45, 2.75) is 97.4 Å². The molecule has 1 nitrogen and oxygen atoms in total. The van der Waals surface area contributed by atoms with E-state index in [1.807, 2.05) is 0 Å². The first-order valence-electron chi connectivity index (χ1n) is 8.48. The summed E-state index contributed by atoms with van der Waals surface area (Å²) in [6.07, 6.45) is 16.0. The molecule has 0 heterocycles. The maximum Gasteiger partial charge on any atom is 0.00950 e. The van der Waals surface area contributed by atoms with Crippen LogP contribution in [-0.2, 0) is 0 Å². The van der Waals surface area contributed by atoms with Gasteiger partial charge in [0.05, 0.1) is 0 Å². The summed E-state index contributed by atoms with van der Waals surface area (Å²) in [6, 6.07) is 0.743. The van der Waals surface area contributed by atoms with E-state index in [1.165, 1.54) is 70.6 Å². The van der Waals surface area contributed by atoms with Gasteiger partial charge in [-0.25, -0.2) is 0 Å². The molecule has 108 valence electrons. The third-order valence-corrected chi connectivity index (χ3v) is 4.85. The van der Waals surface area contributed by atoms with Crippen molar-refractivity contribution in [3.63, 3.8) is 0 Å². The van der Waals surface area contributed by atoms with Crippen molar-refractivity contribution in [2.75, 3.05) is 6.54 Å². The van der Waals surface area contributed by atoms with Gasteiger partial charge in [-0.1, -0.05) is 65.2 Å². The Bertz CT molecular complexity index is 196. The van der Waals surface area contributed by atoms with Gasteiger partial charge in [0.2, 0.25) is 0 Å². The molecule has 1 heteroatoms. The highest BCUT2D eigenvalue weighted by Gasteiger charge is 2.45. The predicted octanol–water partition coefficient (Wildman–Crippen LogP) is 5.30. The van der Waals surface area contributed by atoms with Gasteiger partial charge < -0.3 is 5.32 Å². The van der Waals surface area contributed by atoms with E-state index in [9.17, 15) is 0 Å². The Labute approximate surface area is 115 Å². The van der Waals surface area contributed by atoms with Gasteiger partial charge in [0.1, 0.15) is 0 Å². The van der Waals surface area contributed by atoms with Crippen LogP contribution in [-0.4, -0.2) is 12.6 Å². The van der Waals surface area contributed by atoms with Crippen molar-refractivity contribution >= 4 is 0 Å². The molecule has 1 aliphatic carbocycles. The van der Waals surface area contributed by atoms with Crippen molar-refractivity contribution in [1.29, 1.82) is 0 Å². The summed E-state index contributed by atoms with van der Waals surface area (Å²) in [5.41, 5.74) is 0.693. The van der Waals surface area contributed by atoms with Crippen molar-refractivity contribution in [3.8, 4) is 0 Å². The zero-order valence-corrected chi connectivity index (χ0v) is 13.1. The third kappa shape index (κ3) is 5.73. The molecule has 0 bridgehead atoms. The Morgan fingerprint density at radius 3 is 1.94 bits per heavy atom. The smallest absolute Gasteiger partial charge is 0.00950 e. The molecule has 1 N–H and O–H groups in total. The van der Waals surface area contributed by atoms with Crippen molar-refractivity contribution in [2.24, 2.45) is 5.41 Å². The number of hydrogen-bond donors (Lipinski definition) is 1. The molecule has 0 aromatic carbocycles. The summed E-state index contributed by atoms with van der Waals surface area (Å²) in [6.45, 7) is 8.03. The van der Waals surface area contributed by atoms with Gasteiger partial charge in [-0.2, -0.15) is 0 Å². The SMILES string of the molecule is CCCCCCCCCCC1(C(C)NCC)CC1. The average Bonchev–Trinajstić information content (AvgIpc) is 3.14. The topological polar surface area (TPSA) is 12.0 Å². The molecule has 0 radical (unpaired) electrons. The van der Waals surface area contributed by atoms with E-state index < -0.39 is 0 Å². The molecule has 0 aromatic rings. The van der Waals surface area contributed by atoms with Gasteiger partial charge in [-0.3, -0.25) is 0 Å². The molecule has 1 rings (SSSR count). The summed E-state index contributed by atoms with van der Waals surface area (Å²) in [4.78, 5) is 0. The molecule has 0 amide bonds. The van der Waals surface area contributed by atoms with Crippen molar-refractivity contribution in [3.05, 3.63) is 0 Å². The highest BCUT2D eigenvalue weighted by atomic mass is 14.9. The van der Waals surface area contributed by atoms with Crippen LogP contribution in [0, 0.1) is 5.41 Å². The number of rotatable bonds is 12. The van der Waals surface area contributed by atoms with Crippen LogP contribution >= 0.6 is 0 Å². The normalized spacial score (nSPS) is 18.8. The van der Waals surface area contributed by atoms with Crippen LogP contribution in [0.3, 0.4) is 0 Å². The van der Waals surface area contributed by atoms with E-state index in [-0.39, 0.29) is 0 Å². The monoisotopic (exact) mass is 253 g/mol. The molecule has 0 aliphatic heterocycles. The lowest BCUT2D eigenvalue weighted by molar-refractivity contribution is 0.323. The van der Waals surface area contributed by atoms with E-state index in [0.717, 1.165) is 12.6 Å². The molecule has 0 saturated heterocycles. The second-order valence-corrected chi connectivity index (χ2v) is 6.37. The Morgan fingerprint density at radius 2 is 1.44 bits per heavy atom. The number of nitrogens with one attached hydrogen (secondary N) is 1. The van der Waals surface area contributed by atoms with Crippen molar-refractivity contribution < 1.29 is 0 Å². The van der Waals surface area contributed by atoms with Crippen LogP contribution in [0.1, 0.15) is 91.4 Å². The molecule has 1 saturated carbocycles. The molecular formula is C17H35N. The first-order valence-corrected chi connectivity index (χ1v) is 8.48. The average molecular weight is 253 g/mol. The maximum absolute atomic E-state index is 3.62. The lowest BCUT2D eigenvalue weighted by atomic mass is 9.90. The largest absolute Gasteiger partial charge is 0.314 e. The van der Waals surface area contributed by atoms with Gasteiger partial charge in [-0.05, 0) is 38.1 Å². The van der Waals surface area contributed by atoms with E-state index in [0.29, 0.717) is 5.41 Å². The quantitative estimate of drug-likeness (QED) is 0.466. The van der Waals surface area contributed by atoms with Crippen LogP contribution in [0.25, 0.3) is 0 Å². The molecule has 1 aliphatic rings. The number of hydrogen-bond acceptors (Lipinski definition) is 1. The Balaban J connectivity index is 1.94.